The van der Waals surface area contributed by atoms with E-state index in [1.807, 2.05) is 20.8 Å². The van der Waals surface area contributed by atoms with Crippen molar-refractivity contribution in [2.45, 2.75) is 84.5 Å². The second-order valence-corrected chi connectivity index (χ2v) is 10.0. The van der Waals surface area contributed by atoms with E-state index in [4.69, 9.17) is 21.1 Å². The van der Waals surface area contributed by atoms with Crippen LogP contribution in [0.25, 0.3) is 0 Å². The third-order valence-electron chi connectivity index (χ3n) is 4.32. The van der Waals surface area contributed by atoms with Gasteiger partial charge in [0.25, 0.3) is 0 Å². The Morgan fingerprint density at radius 2 is 1.74 bits per heavy atom. The van der Waals surface area contributed by atoms with Gasteiger partial charge in [0.15, 0.2) is 5.82 Å². The number of carbonyl (C=O) groups is 2. The lowest BCUT2D eigenvalue weighted by molar-refractivity contribution is 0.0488. The highest BCUT2D eigenvalue weighted by atomic mass is 35.5. The van der Waals surface area contributed by atoms with Crippen molar-refractivity contribution >= 4 is 29.6 Å². The van der Waals surface area contributed by atoms with Gasteiger partial charge in [-0.15, -0.1) is 0 Å². The summed E-state index contributed by atoms with van der Waals surface area (Å²) in [5.74, 6) is 6.65. The summed E-state index contributed by atoms with van der Waals surface area (Å²) in [6.07, 6.45) is 3.95. The van der Waals surface area contributed by atoms with Crippen LogP contribution < -0.4 is 10.6 Å². The van der Waals surface area contributed by atoms with E-state index in [1.54, 1.807) is 26.8 Å². The first-order valence-corrected chi connectivity index (χ1v) is 10.9. The molecule has 0 saturated heterocycles. The van der Waals surface area contributed by atoms with Crippen LogP contribution in [0.3, 0.4) is 0 Å². The van der Waals surface area contributed by atoms with Crippen molar-refractivity contribution in [2.75, 3.05) is 5.32 Å². The Morgan fingerprint density at radius 1 is 1.10 bits per heavy atom. The maximum absolute atomic E-state index is 12.1. The van der Waals surface area contributed by atoms with Gasteiger partial charge in [0.2, 0.25) is 0 Å². The number of hydrogen-bond donors (Lipinski definition) is 2. The van der Waals surface area contributed by atoms with Gasteiger partial charge in [0, 0.05) is 18.2 Å². The number of alkyl carbamates (subject to hydrolysis) is 1. The van der Waals surface area contributed by atoms with Crippen LogP contribution in [0.2, 0.25) is 5.02 Å². The molecule has 7 nitrogen and oxygen atoms in total. The first kappa shape index (κ1) is 24.8. The average Bonchev–Trinajstić information content (AvgIpc) is 2.58. The van der Waals surface area contributed by atoms with Gasteiger partial charge in [-0.3, -0.25) is 5.32 Å². The zero-order valence-corrected chi connectivity index (χ0v) is 19.9. The van der Waals surface area contributed by atoms with Gasteiger partial charge in [-0.05, 0) is 66.9 Å². The molecule has 0 aliphatic heterocycles. The summed E-state index contributed by atoms with van der Waals surface area (Å²) in [4.78, 5) is 28.4. The molecule has 0 spiro atoms. The number of halogens is 1. The molecule has 0 bridgehead atoms. The maximum atomic E-state index is 12.1. The minimum absolute atomic E-state index is 0.00614. The molecule has 1 saturated carbocycles. The van der Waals surface area contributed by atoms with E-state index in [-0.39, 0.29) is 17.8 Å². The molecule has 2 N–H and O–H groups in total. The number of anilines is 1. The number of ether oxygens (including phenoxy) is 2. The molecular weight excluding hydrogens is 418 g/mol. The molecule has 170 valence electrons. The fraction of sp³-hybridized carbons (Fsp3) is 0.609. The molecule has 0 radical (unpaired) electrons. The summed E-state index contributed by atoms with van der Waals surface area (Å²) in [5, 5.41) is 5.95. The number of hydrogen-bond acceptors (Lipinski definition) is 5. The molecule has 2 unspecified atom stereocenters. The lowest BCUT2D eigenvalue weighted by Crippen LogP contribution is -2.41. The molecule has 1 fully saturated rings. The standard InChI is InChI=1S/C23H32ClN3O4/c1-22(2,3)30-20(28)26-16-9-7-8-15(14-16)10-11-17-18(24)12-13-25-19(17)27-21(29)31-23(4,5)6/h12-13,15-16H,7-9,14H2,1-6H3,(H,26,28)(H,25,27,29). The SMILES string of the molecule is CC(C)(C)OC(=O)Nc1nccc(Cl)c1C#CC1CCCC(NC(=O)OC(C)(C)C)C1. The molecule has 2 rings (SSSR count). The van der Waals surface area contributed by atoms with E-state index in [2.05, 4.69) is 27.5 Å². The molecule has 1 aromatic rings. The molecule has 2 amide bonds. The Balaban J connectivity index is 2.07. The van der Waals surface area contributed by atoms with Crippen LogP contribution in [0.1, 0.15) is 72.8 Å². The van der Waals surface area contributed by atoms with Crippen molar-refractivity contribution in [2.24, 2.45) is 5.92 Å². The van der Waals surface area contributed by atoms with Crippen LogP contribution in [-0.2, 0) is 9.47 Å². The minimum atomic E-state index is -0.632. The largest absolute Gasteiger partial charge is 0.444 e. The van der Waals surface area contributed by atoms with Crippen LogP contribution in [0.5, 0.6) is 0 Å². The number of nitrogens with one attached hydrogen (secondary N) is 2. The monoisotopic (exact) mass is 449 g/mol. The first-order valence-electron chi connectivity index (χ1n) is 10.5. The molecule has 2 atom stereocenters. The van der Waals surface area contributed by atoms with Gasteiger partial charge in [-0.1, -0.05) is 29.9 Å². The van der Waals surface area contributed by atoms with E-state index in [0.717, 1.165) is 25.7 Å². The topological polar surface area (TPSA) is 89.5 Å². The predicted molar refractivity (Wildman–Crippen MR) is 121 cm³/mol. The smallest absolute Gasteiger partial charge is 0.413 e. The Kier molecular flexibility index (Phi) is 8.19. The molecular formula is C23H32ClN3O4. The number of aromatic nitrogens is 1. The zero-order chi connectivity index (χ0) is 23.2. The van der Waals surface area contributed by atoms with Gasteiger partial charge in [-0.2, -0.15) is 0 Å². The summed E-state index contributed by atoms with van der Waals surface area (Å²) < 4.78 is 10.6. The Hall–Kier alpha value is -2.46. The Labute approximate surface area is 189 Å². The number of rotatable bonds is 2. The van der Waals surface area contributed by atoms with Crippen LogP contribution in [-0.4, -0.2) is 34.4 Å². The van der Waals surface area contributed by atoms with Crippen molar-refractivity contribution in [1.29, 1.82) is 0 Å². The van der Waals surface area contributed by atoms with E-state index in [9.17, 15) is 9.59 Å². The van der Waals surface area contributed by atoms with Gasteiger partial charge >= 0.3 is 12.2 Å². The van der Waals surface area contributed by atoms with Crippen LogP contribution in [0.4, 0.5) is 15.4 Å². The lowest BCUT2D eigenvalue weighted by Gasteiger charge is -2.28. The molecule has 0 aromatic carbocycles. The van der Waals surface area contributed by atoms with Crippen LogP contribution in [0, 0.1) is 17.8 Å². The van der Waals surface area contributed by atoms with Crippen molar-refractivity contribution in [1.82, 2.24) is 10.3 Å². The average molecular weight is 450 g/mol. The Morgan fingerprint density at radius 3 is 2.39 bits per heavy atom. The highest BCUT2D eigenvalue weighted by Gasteiger charge is 2.25. The molecule has 1 aliphatic carbocycles. The number of nitrogens with zero attached hydrogens (tertiary/aromatic N) is 1. The van der Waals surface area contributed by atoms with Crippen molar-refractivity contribution in [3.05, 3.63) is 22.8 Å². The summed E-state index contributed by atoms with van der Waals surface area (Å²) in [6.45, 7) is 10.9. The summed E-state index contributed by atoms with van der Waals surface area (Å²) in [6, 6.07) is 1.63. The second kappa shape index (κ2) is 10.2. The highest BCUT2D eigenvalue weighted by Crippen LogP contribution is 2.26. The second-order valence-electron chi connectivity index (χ2n) is 9.62. The van der Waals surface area contributed by atoms with E-state index >= 15 is 0 Å². The van der Waals surface area contributed by atoms with Crippen molar-refractivity contribution < 1.29 is 19.1 Å². The van der Waals surface area contributed by atoms with Crippen molar-refractivity contribution in [3.63, 3.8) is 0 Å². The Bertz CT molecular complexity index is 862. The van der Waals surface area contributed by atoms with Gasteiger partial charge in [0.05, 0.1) is 10.6 Å². The van der Waals surface area contributed by atoms with Crippen molar-refractivity contribution in [3.8, 4) is 11.8 Å². The van der Waals surface area contributed by atoms with Gasteiger partial charge in [0.1, 0.15) is 11.2 Å². The molecule has 31 heavy (non-hydrogen) atoms. The van der Waals surface area contributed by atoms with Crippen LogP contribution in [0.15, 0.2) is 12.3 Å². The normalized spacial score (nSPS) is 18.9. The molecule has 1 aliphatic rings. The predicted octanol–water partition coefficient (Wildman–Crippen LogP) is 5.52. The minimum Gasteiger partial charge on any atom is -0.444 e. The summed E-state index contributed by atoms with van der Waals surface area (Å²) >= 11 is 6.31. The third kappa shape index (κ3) is 9.06. The zero-order valence-electron chi connectivity index (χ0n) is 19.1. The lowest BCUT2D eigenvalue weighted by atomic mass is 9.86. The molecule has 1 aromatic heterocycles. The summed E-state index contributed by atoms with van der Waals surface area (Å²) in [7, 11) is 0. The van der Waals surface area contributed by atoms with Crippen LogP contribution >= 0.6 is 11.6 Å². The molecule has 8 heteroatoms. The van der Waals surface area contributed by atoms with E-state index < -0.39 is 23.4 Å². The number of carbonyl (C=O) groups excluding carboxylic acids is 2. The highest BCUT2D eigenvalue weighted by molar-refractivity contribution is 6.32. The number of pyridine rings is 1. The fourth-order valence-electron chi connectivity index (χ4n) is 3.15. The molecule has 1 heterocycles. The van der Waals surface area contributed by atoms with Gasteiger partial charge < -0.3 is 14.8 Å². The maximum Gasteiger partial charge on any atom is 0.413 e. The van der Waals surface area contributed by atoms with E-state index in [1.165, 1.54) is 6.20 Å². The quantitative estimate of drug-likeness (QED) is 0.580. The fourth-order valence-corrected chi connectivity index (χ4v) is 3.35. The first-order chi connectivity index (χ1) is 14.3. The summed E-state index contributed by atoms with van der Waals surface area (Å²) in [5.41, 5.74) is -0.725. The van der Waals surface area contributed by atoms with E-state index in [0.29, 0.717) is 10.6 Å². The third-order valence-corrected chi connectivity index (χ3v) is 4.63. The van der Waals surface area contributed by atoms with Gasteiger partial charge in [-0.25, -0.2) is 14.6 Å². The number of amides is 2.